The Morgan fingerprint density at radius 1 is 1.12 bits per heavy atom. The Kier molecular flexibility index (Phi) is 7.10. The van der Waals surface area contributed by atoms with Gasteiger partial charge in [0.25, 0.3) is 5.91 Å². The van der Waals surface area contributed by atoms with Crippen molar-refractivity contribution in [1.82, 2.24) is 4.90 Å². The van der Waals surface area contributed by atoms with E-state index in [4.69, 9.17) is 9.47 Å². The fourth-order valence-electron chi connectivity index (χ4n) is 2.13. The van der Waals surface area contributed by atoms with E-state index < -0.39 is 30.1 Å². The van der Waals surface area contributed by atoms with Gasteiger partial charge in [-0.1, -0.05) is 24.3 Å². The molecule has 1 aromatic rings. The lowest BCUT2D eigenvalue weighted by Crippen LogP contribution is -2.47. The second kappa shape index (κ2) is 8.81. The average molecular weight is 335 g/mol. The molecule has 0 fully saturated rings. The summed E-state index contributed by atoms with van der Waals surface area (Å²) in [6, 6.07) is 7.50. The largest absolute Gasteiger partial charge is 0.450 e. The summed E-state index contributed by atoms with van der Waals surface area (Å²) in [5.74, 6) is -2.14. The first-order valence-electron chi connectivity index (χ1n) is 7.35. The SMILES string of the molecule is CC(=O)O[C@@H](C=O)[C@@H](OC(C)=O)C(=O)N(C)Cc1ccccc1C. The molecule has 0 unspecified atom stereocenters. The molecule has 130 valence electrons. The van der Waals surface area contributed by atoms with Gasteiger partial charge in [-0.3, -0.25) is 19.2 Å². The maximum absolute atomic E-state index is 12.6. The topological polar surface area (TPSA) is 90.0 Å². The standard InChI is InChI=1S/C17H21NO6/c1-11-7-5-6-8-14(11)9-18(4)17(22)16(24-13(3)21)15(10-19)23-12(2)20/h5-8,10,15-16H,9H2,1-4H3/t15-,16+/m0/s1. The van der Waals surface area contributed by atoms with Crippen LogP contribution in [0.5, 0.6) is 0 Å². The zero-order valence-corrected chi connectivity index (χ0v) is 14.1. The number of aldehydes is 1. The third-order valence-corrected chi connectivity index (χ3v) is 3.32. The molecule has 0 N–H and O–H groups in total. The summed E-state index contributed by atoms with van der Waals surface area (Å²) < 4.78 is 9.69. The minimum Gasteiger partial charge on any atom is -0.450 e. The number of benzene rings is 1. The number of carbonyl (C=O) groups excluding carboxylic acids is 4. The molecule has 0 bridgehead atoms. The van der Waals surface area contributed by atoms with Gasteiger partial charge in [-0.05, 0) is 18.1 Å². The fraction of sp³-hybridized carbons (Fsp3) is 0.412. The Balaban J connectivity index is 2.97. The number of hydrogen-bond acceptors (Lipinski definition) is 6. The number of esters is 2. The highest BCUT2D eigenvalue weighted by Crippen LogP contribution is 2.13. The molecule has 0 saturated carbocycles. The number of aryl methyl sites for hydroxylation is 1. The maximum Gasteiger partial charge on any atom is 0.303 e. The first-order chi connectivity index (χ1) is 11.3. The van der Waals surface area contributed by atoms with E-state index in [2.05, 4.69) is 0 Å². The van der Waals surface area contributed by atoms with Crippen LogP contribution in [-0.4, -0.2) is 48.3 Å². The predicted octanol–water partition coefficient (Wildman–Crippen LogP) is 1.02. The minimum absolute atomic E-state index is 0.259. The van der Waals surface area contributed by atoms with Crippen LogP contribution in [-0.2, 0) is 35.2 Å². The van der Waals surface area contributed by atoms with Crippen LogP contribution in [0.25, 0.3) is 0 Å². The van der Waals surface area contributed by atoms with Crippen molar-refractivity contribution in [3.8, 4) is 0 Å². The summed E-state index contributed by atoms with van der Waals surface area (Å²) in [7, 11) is 1.51. The Morgan fingerprint density at radius 2 is 1.71 bits per heavy atom. The molecule has 0 aliphatic rings. The van der Waals surface area contributed by atoms with Gasteiger partial charge in [0.2, 0.25) is 12.2 Å². The summed E-state index contributed by atoms with van der Waals surface area (Å²) in [5, 5.41) is 0. The molecule has 1 aromatic carbocycles. The Labute approximate surface area is 140 Å². The van der Waals surface area contributed by atoms with E-state index in [1.165, 1.54) is 11.9 Å². The third kappa shape index (κ3) is 5.49. The summed E-state index contributed by atoms with van der Waals surface area (Å²) in [5.41, 5.74) is 1.90. The van der Waals surface area contributed by atoms with Crippen molar-refractivity contribution in [2.45, 2.75) is 39.5 Å². The second-order valence-corrected chi connectivity index (χ2v) is 5.36. The molecule has 0 aliphatic carbocycles. The van der Waals surface area contributed by atoms with Gasteiger partial charge >= 0.3 is 11.9 Å². The first kappa shape index (κ1) is 19.3. The summed E-state index contributed by atoms with van der Waals surface area (Å²) in [6.45, 7) is 4.37. The lowest BCUT2D eigenvalue weighted by Gasteiger charge is -2.26. The smallest absolute Gasteiger partial charge is 0.303 e. The molecule has 24 heavy (non-hydrogen) atoms. The van der Waals surface area contributed by atoms with Crippen molar-refractivity contribution >= 4 is 24.1 Å². The lowest BCUT2D eigenvalue weighted by atomic mass is 10.1. The van der Waals surface area contributed by atoms with Crippen LogP contribution in [0.1, 0.15) is 25.0 Å². The molecule has 7 nitrogen and oxygen atoms in total. The lowest BCUT2D eigenvalue weighted by molar-refractivity contribution is -0.174. The zero-order chi connectivity index (χ0) is 18.3. The van der Waals surface area contributed by atoms with E-state index in [9.17, 15) is 19.2 Å². The van der Waals surface area contributed by atoms with Crippen LogP contribution in [0.4, 0.5) is 0 Å². The Morgan fingerprint density at radius 3 is 2.21 bits per heavy atom. The van der Waals surface area contributed by atoms with Crippen LogP contribution in [0.3, 0.4) is 0 Å². The van der Waals surface area contributed by atoms with Gasteiger partial charge in [-0.15, -0.1) is 0 Å². The van der Waals surface area contributed by atoms with E-state index in [1.54, 1.807) is 0 Å². The first-order valence-corrected chi connectivity index (χ1v) is 7.35. The number of carbonyl (C=O) groups is 4. The van der Waals surface area contributed by atoms with E-state index in [0.717, 1.165) is 25.0 Å². The molecule has 2 atom stereocenters. The second-order valence-electron chi connectivity index (χ2n) is 5.36. The minimum atomic E-state index is -1.52. The van der Waals surface area contributed by atoms with E-state index in [-0.39, 0.29) is 12.8 Å². The average Bonchev–Trinajstić information content (AvgIpc) is 2.51. The molecular weight excluding hydrogens is 314 g/mol. The summed E-state index contributed by atoms with van der Waals surface area (Å²) >= 11 is 0. The molecule has 0 aliphatic heterocycles. The van der Waals surface area contributed by atoms with E-state index >= 15 is 0 Å². The van der Waals surface area contributed by atoms with Crippen molar-refractivity contribution in [3.63, 3.8) is 0 Å². The normalized spacial score (nSPS) is 12.7. The van der Waals surface area contributed by atoms with Crippen LogP contribution >= 0.6 is 0 Å². The number of amides is 1. The van der Waals surface area contributed by atoms with E-state index in [1.807, 2.05) is 31.2 Å². The fourth-order valence-corrected chi connectivity index (χ4v) is 2.13. The van der Waals surface area contributed by atoms with Gasteiger partial charge in [-0.2, -0.15) is 0 Å². The molecule has 1 amide bonds. The molecular formula is C17H21NO6. The molecule has 0 aromatic heterocycles. The highest BCUT2D eigenvalue weighted by atomic mass is 16.6. The number of hydrogen-bond donors (Lipinski definition) is 0. The molecule has 0 saturated heterocycles. The number of rotatable bonds is 7. The van der Waals surface area contributed by atoms with Gasteiger partial charge < -0.3 is 14.4 Å². The number of ether oxygens (including phenoxy) is 2. The van der Waals surface area contributed by atoms with Gasteiger partial charge in [0, 0.05) is 27.4 Å². The Bertz CT molecular complexity index is 627. The monoisotopic (exact) mass is 335 g/mol. The molecule has 0 spiro atoms. The highest BCUT2D eigenvalue weighted by molar-refractivity contribution is 5.88. The van der Waals surface area contributed by atoms with Crippen molar-refractivity contribution in [1.29, 1.82) is 0 Å². The highest BCUT2D eigenvalue weighted by Gasteiger charge is 2.35. The van der Waals surface area contributed by atoms with Gasteiger partial charge in [-0.25, -0.2) is 0 Å². The quantitative estimate of drug-likeness (QED) is 0.546. The van der Waals surface area contributed by atoms with Gasteiger partial charge in [0.15, 0.2) is 6.29 Å². The van der Waals surface area contributed by atoms with Gasteiger partial charge in [0.05, 0.1) is 0 Å². The summed E-state index contributed by atoms with van der Waals surface area (Å²) in [6.07, 6.45) is -2.73. The van der Waals surface area contributed by atoms with E-state index in [0.29, 0.717) is 0 Å². The third-order valence-electron chi connectivity index (χ3n) is 3.32. The molecule has 0 heterocycles. The summed E-state index contributed by atoms with van der Waals surface area (Å²) in [4.78, 5) is 47.4. The van der Waals surface area contributed by atoms with Gasteiger partial charge in [0.1, 0.15) is 0 Å². The predicted molar refractivity (Wildman–Crippen MR) is 84.8 cm³/mol. The van der Waals surface area contributed by atoms with Crippen molar-refractivity contribution < 1.29 is 28.7 Å². The molecule has 1 rings (SSSR count). The number of nitrogens with zero attached hydrogens (tertiary/aromatic N) is 1. The maximum atomic E-state index is 12.6. The van der Waals surface area contributed by atoms with Crippen molar-refractivity contribution in [2.75, 3.05) is 7.05 Å². The number of likely N-dealkylation sites (N-methyl/N-ethyl adjacent to an activating group) is 1. The van der Waals surface area contributed by atoms with Crippen LogP contribution in [0, 0.1) is 6.92 Å². The molecule has 0 radical (unpaired) electrons. The Hall–Kier alpha value is -2.70. The zero-order valence-electron chi connectivity index (χ0n) is 14.1. The van der Waals surface area contributed by atoms with Crippen LogP contribution in [0.2, 0.25) is 0 Å². The van der Waals surface area contributed by atoms with Crippen molar-refractivity contribution in [3.05, 3.63) is 35.4 Å². The van der Waals surface area contributed by atoms with Crippen LogP contribution < -0.4 is 0 Å². The molecule has 7 heteroatoms. The van der Waals surface area contributed by atoms with Crippen molar-refractivity contribution in [2.24, 2.45) is 0 Å². The van der Waals surface area contributed by atoms with Crippen LogP contribution in [0.15, 0.2) is 24.3 Å².